The normalized spacial score (nSPS) is 19.6. The summed E-state index contributed by atoms with van der Waals surface area (Å²) in [6, 6.07) is 10.1. The minimum absolute atomic E-state index is 0.0101. The lowest BCUT2D eigenvalue weighted by Crippen LogP contribution is -2.48. The van der Waals surface area contributed by atoms with E-state index < -0.39 is 21.9 Å². The molecule has 0 spiro atoms. The molecule has 0 radical (unpaired) electrons. The number of carbonyl (C=O) groups excluding carboxylic acids is 2. The monoisotopic (exact) mass is 466 g/mol. The van der Waals surface area contributed by atoms with Crippen molar-refractivity contribution in [3.05, 3.63) is 58.6 Å². The van der Waals surface area contributed by atoms with Gasteiger partial charge in [0.25, 0.3) is 5.91 Å². The van der Waals surface area contributed by atoms with Crippen LogP contribution in [-0.2, 0) is 19.5 Å². The average Bonchev–Trinajstić information content (AvgIpc) is 2.74. The molecule has 1 saturated heterocycles. The van der Waals surface area contributed by atoms with Crippen LogP contribution in [-0.4, -0.2) is 57.0 Å². The molecule has 3 rings (SSSR count). The van der Waals surface area contributed by atoms with Gasteiger partial charge in [0.1, 0.15) is 0 Å². The van der Waals surface area contributed by atoms with Gasteiger partial charge in [0, 0.05) is 18.7 Å². The summed E-state index contributed by atoms with van der Waals surface area (Å²) in [6.07, 6.45) is -0.455. The third-order valence-electron chi connectivity index (χ3n) is 4.76. The fraction of sp³-hybridized carbons (Fsp3) is 0.333. The molecule has 31 heavy (non-hydrogen) atoms. The predicted octanol–water partition coefficient (Wildman–Crippen LogP) is 3.18. The second-order valence-electron chi connectivity index (χ2n) is 7.25. The summed E-state index contributed by atoms with van der Waals surface area (Å²) in [5.41, 5.74) is 0.558. The van der Waals surface area contributed by atoms with Gasteiger partial charge in [0.15, 0.2) is 0 Å². The van der Waals surface area contributed by atoms with Crippen LogP contribution >= 0.6 is 11.6 Å². The predicted molar refractivity (Wildman–Crippen MR) is 116 cm³/mol. The number of nitrogens with zero attached hydrogens (tertiary/aromatic N) is 1. The number of carbonyl (C=O) groups is 2. The van der Waals surface area contributed by atoms with Crippen molar-refractivity contribution >= 4 is 39.2 Å². The Hall–Kier alpha value is -2.46. The number of anilines is 1. The number of sulfonamides is 1. The molecule has 2 atom stereocenters. The van der Waals surface area contributed by atoms with E-state index in [1.807, 2.05) is 13.8 Å². The number of nitrogens with one attached hydrogen (secondary N) is 1. The molecule has 0 aliphatic carbocycles. The zero-order valence-corrected chi connectivity index (χ0v) is 18.9. The second-order valence-corrected chi connectivity index (χ2v) is 9.59. The Morgan fingerprint density at radius 2 is 1.77 bits per heavy atom. The molecule has 1 amide bonds. The summed E-state index contributed by atoms with van der Waals surface area (Å²) >= 11 is 6.13. The van der Waals surface area contributed by atoms with Crippen LogP contribution in [0.2, 0.25) is 5.02 Å². The Kier molecular flexibility index (Phi) is 7.00. The molecule has 8 nitrogen and oxygen atoms in total. The highest BCUT2D eigenvalue weighted by Crippen LogP contribution is 2.25. The molecule has 1 aliphatic rings. The van der Waals surface area contributed by atoms with E-state index >= 15 is 0 Å². The maximum atomic E-state index is 13.1. The largest absolute Gasteiger partial charge is 0.465 e. The average molecular weight is 467 g/mol. The van der Waals surface area contributed by atoms with Crippen LogP contribution in [0.5, 0.6) is 0 Å². The van der Waals surface area contributed by atoms with Crippen molar-refractivity contribution in [1.82, 2.24) is 4.31 Å². The quantitative estimate of drug-likeness (QED) is 0.679. The molecular formula is C21H23ClN2O6S. The molecular weight excluding hydrogens is 444 g/mol. The summed E-state index contributed by atoms with van der Waals surface area (Å²) in [6.45, 7) is 4.10. The third-order valence-corrected chi connectivity index (χ3v) is 6.91. The van der Waals surface area contributed by atoms with Crippen molar-refractivity contribution in [1.29, 1.82) is 0 Å². The number of benzene rings is 2. The van der Waals surface area contributed by atoms with E-state index in [1.165, 1.54) is 53.9 Å². The number of ether oxygens (including phenoxy) is 2. The topological polar surface area (TPSA) is 102 Å². The van der Waals surface area contributed by atoms with E-state index in [9.17, 15) is 18.0 Å². The van der Waals surface area contributed by atoms with Gasteiger partial charge in [-0.25, -0.2) is 13.2 Å². The Balaban J connectivity index is 1.85. The van der Waals surface area contributed by atoms with Gasteiger partial charge in [-0.05, 0) is 50.2 Å². The fourth-order valence-electron chi connectivity index (χ4n) is 3.33. The summed E-state index contributed by atoms with van der Waals surface area (Å²) < 4.78 is 37.8. The highest BCUT2D eigenvalue weighted by Gasteiger charge is 2.32. The summed E-state index contributed by atoms with van der Waals surface area (Å²) in [4.78, 5) is 24.5. The van der Waals surface area contributed by atoms with E-state index in [-0.39, 0.29) is 52.0 Å². The van der Waals surface area contributed by atoms with Crippen molar-refractivity contribution in [3.63, 3.8) is 0 Å². The van der Waals surface area contributed by atoms with Crippen LogP contribution in [0, 0.1) is 0 Å². The van der Waals surface area contributed by atoms with Crippen molar-refractivity contribution in [2.75, 3.05) is 25.5 Å². The number of esters is 1. The molecule has 0 aromatic heterocycles. The lowest BCUT2D eigenvalue weighted by atomic mass is 10.1. The fourth-order valence-corrected chi connectivity index (χ4v) is 5.14. The van der Waals surface area contributed by atoms with Crippen molar-refractivity contribution < 1.29 is 27.5 Å². The Bertz CT molecular complexity index is 1090. The molecule has 10 heteroatoms. The highest BCUT2D eigenvalue weighted by molar-refractivity contribution is 7.89. The van der Waals surface area contributed by atoms with Gasteiger partial charge in [-0.1, -0.05) is 17.7 Å². The first-order valence-electron chi connectivity index (χ1n) is 9.56. The maximum absolute atomic E-state index is 13.1. The first-order chi connectivity index (χ1) is 14.6. The van der Waals surface area contributed by atoms with Crippen molar-refractivity contribution in [3.8, 4) is 0 Å². The molecule has 1 N–H and O–H groups in total. The molecule has 0 saturated carbocycles. The van der Waals surface area contributed by atoms with E-state index in [1.54, 1.807) is 0 Å². The van der Waals surface area contributed by atoms with E-state index in [0.29, 0.717) is 0 Å². The van der Waals surface area contributed by atoms with Gasteiger partial charge < -0.3 is 14.8 Å². The number of halogens is 1. The molecule has 0 bridgehead atoms. The summed E-state index contributed by atoms with van der Waals surface area (Å²) in [5, 5.41) is 2.83. The van der Waals surface area contributed by atoms with Gasteiger partial charge in [-0.15, -0.1) is 0 Å². The van der Waals surface area contributed by atoms with Crippen LogP contribution < -0.4 is 5.32 Å². The summed E-state index contributed by atoms with van der Waals surface area (Å²) in [7, 11) is -2.55. The highest BCUT2D eigenvalue weighted by atomic mass is 35.5. The Morgan fingerprint density at radius 1 is 1.10 bits per heavy atom. The molecule has 166 valence electrons. The van der Waals surface area contributed by atoms with Crippen molar-refractivity contribution in [2.24, 2.45) is 0 Å². The standard InChI is InChI=1S/C21H23ClN2O6S/c1-13-11-24(12-14(2)30-13)31(27,28)17-6-4-5-15(9-17)20(25)23-19-10-16(21(26)29-3)7-8-18(19)22/h4-10,13-14H,11-12H2,1-3H3,(H,23,25). The van der Waals surface area contributed by atoms with Crippen LogP contribution in [0.1, 0.15) is 34.6 Å². The van der Waals surface area contributed by atoms with Crippen LogP contribution in [0.3, 0.4) is 0 Å². The second kappa shape index (κ2) is 9.35. The Labute approximate surface area is 186 Å². The van der Waals surface area contributed by atoms with E-state index in [4.69, 9.17) is 16.3 Å². The number of rotatable bonds is 5. The molecule has 2 aromatic rings. The minimum atomic E-state index is -3.80. The first kappa shape index (κ1) is 23.2. The Morgan fingerprint density at radius 3 is 2.42 bits per heavy atom. The van der Waals surface area contributed by atoms with Crippen LogP contribution in [0.4, 0.5) is 5.69 Å². The lowest BCUT2D eigenvalue weighted by molar-refractivity contribution is -0.0440. The van der Waals surface area contributed by atoms with Gasteiger partial charge in [-0.2, -0.15) is 4.31 Å². The molecule has 2 unspecified atom stereocenters. The van der Waals surface area contributed by atoms with Crippen LogP contribution in [0.15, 0.2) is 47.4 Å². The smallest absolute Gasteiger partial charge is 0.337 e. The summed E-state index contributed by atoms with van der Waals surface area (Å²) in [5.74, 6) is -1.14. The van der Waals surface area contributed by atoms with Gasteiger partial charge in [0.2, 0.25) is 10.0 Å². The zero-order chi connectivity index (χ0) is 22.8. The SMILES string of the molecule is COC(=O)c1ccc(Cl)c(NC(=O)c2cccc(S(=O)(=O)N3CC(C)OC(C)C3)c2)c1. The van der Waals surface area contributed by atoms with Gasteiger partial charge in [-0.3, -0.25) is 4.79 Å². The van der Waals surface area contributed by atoms with Crippen LogP contribution in [0.25, 0.3) is 0 Å². The van der Waals surface area contributed by atoms with E-state index in [2.05, 4.69) is 10.1 Å². The number of methoxy groups -OCH3 is 1. The third kappa shape index (κ3) is 5.24. The first-order valence-corrected chi connectivity index (χ1v) is 11.4. The number of morpholine rings is 1. The maximum Gasteiger partial charge on any atom is 0.337 e. The van der Waals surface area contributed by atoms with E-state index in [0.717, 1.165) is 0 Å². The molecule has 1 aliphatic heterocycles. The van der Waals surface area contributed by atoms with Gasteiger partial charge >= 0.3 is 5.97 Å². The zero-order valence-electron chi connectivity index (χ0n) is 17.3. The van der Waals surface area contributed by atoms with Gasteiger partial charge in [0.05, 0.1) is 40.5 Å². The number of hydrogen-bond acceptors (Lipinski definition) is 6. The molecule has 2 aromatic carbocycles. The number of hydrogen-bond donors (Lipinski definition) is 1. The number of amides is 1. The molecule has 1 fully saturated rings. The minimum Gasteiger partial charge on any atom is -0.465 e. The lowest BCUT2D eigenvalue weighted by Gasteiger charge is -2.34. The molecule has 1 heterocycles. The van der Waals surface area contributed by atoms with Crippen molar-refractivity contribution in [2.45, 2.75) is 31.0 Å².